The second-order valence-corrected chi connectivity index (χ2v) is 6.38. The SMILES string of the molecule is CCO[Si](CC(CN)COC)(OCC)OCC. The Hall–Kier alpha value is 0.0169. The summed E-state index contributed by atoms with van der Waals surface area (Å²) in [6.45, 7) is 8.80. The lowest BCUT2D eigenvalue weighted by atomic mass is 10.2. The molecule has 0 saturated heterocycles. The number of nitrogens with two attached hydrogens (primary N) is 1. The minimum Gasteiger partial charge on any atom is -0.384 e. The molecule has 0 radical (unpaired) electrons. The molecule has 0 saturated carbocycles. The monoisotopic (exact) mass is 265 g/mol. The van der Waals surface area contributed by atoms with Gasteiger partial charge in [0.25, 0.3) is 0 Å². The molecule has 104 valence electrons. The molecule has 0 aromatic heterocycles. The van der Waals surface area contributed by atoms with E-state index in [1.54, 1.807) is 7.11 Å². The van der Waals surface area contributed by atoms with Crippen LogP contribution in [0.3, 0.4) is 0 Å². The maximum absolute atomic E-state index is 5.77. The summed E-state index contributed by atoms with van der Waals surface area (Å²) in [7, 11) is -0.902. The highest BCUT2D eigenvalue weighted by atomic mass is 28.4. The molecule has 0 rings (SSSR count). The van der Waals surface area contributed by atoms with Crippen molar-refractivity contribution in [3.05, 3.63) is 0 Å². The van der Waals surface area contributed by atoms with Crippen LogP contribution in [-0.4, -0.2) is 48.9 Å². The molecule has 0 aliphatic rings. The summed E-state index contributed by atoms with van der Waals surface area (Å²) >= 11 is 0. The predicted octanol–water partition coefficient (Wildman–Crippen LogP) is 1.26. The Morgan fingerprint density at radius 2 is 1.47 bits per heavy atom. The first-order chi connectivity index (χ1) is 8.17. The van der Waals surface area contributed by atoms with Gasteiger partial charge in [0.15, 0.2) is 0 Å². The van der Waals surface area contributed by atoms with E-state index in [9.17, 15) is 0 Å². The van der Waals surface area contributed by atoms with Crippen LogP contribution in [0.5, 0.6) is 0 Å². The zero-order valence-corrected chi connectivity index (χ0v) is 12.5. The van der Waals surface area contributed by atoms with Crippen molar-refractivity contribution >= 4 is 8.80 Å². The van der Waals surface area contributed by atoms with Gasteiger partial charge in [0.05, 0.1) is 6.61 Å². The third kappa shape index (κ3) is 6.49. The summed E-state index contributed by atoms with van der Waals surface area (Å²) < 4.78 is 22.5. The van der Waals surface area contributed by atoms with E-state index in [-0.39, 0.29) is 5.92 Å². The van der Waals surface area contributed by atoms with Crippen molar-refractivity contribution in [3.63, 3.8) is 0 Å². The summed E-state index contributed by atoms with van der Waals surface area (Å²) in [5.74, 6) is 0.219. The molecule has 0 aliphatic heterocycles. The van der Waals surface area contributed by atoms with Crippen molar-refractivity contribution in [2.45, 2.75) is 26.8 Å². The van der Waals surface area contributed by atoms with Crippen molar-refractivity contribution in [2.75, 3.05) is 40.1 Å². The van der Waals surface area contributed by atoms with Crippen molar-refractivity contribution in [1.82, 2.24) is 0 Å². The second-order valence-electron chi connectivity index (χ2n) is 3.74. The lowest BCUT2D eigenvalue weighted by Gasteiger charge is -2.31. The number of hydrogen-bond donors (Lipinski definition) is 1. The van der Waals surface area contributed by atoms with E-state index in [0.29, 0.717) is 39.0 Å². The van der Waals surface area contributed by atoms with Gasteiger partial charge in [0.2, 0.25) is 0 Å². The van der Waals surface area contributed by atoms with Gasteiger partial charge in [-0.25, -0.2) is 0 Å². The van der Waals surface area contributed by atoms with Crippen LogP contribution in [0.2, 0.25) is 6.04 Å². The third-order valence-corrected chi connectivity index (χ3v) is 5.63. The van der Waals surface area contributed by atoms with Gasteiger partial charge in [-0.3, -0.25) is 0 Å². The van der Waals surface area contributed by atoms with E-state index >= 15 is 0 Å². The van der Waals surface area contributed by atoms with Crippen molar-refractivity contribution in [2.24, 2.45) is 11.7 Å². The summed E-state index contributed by atoms with van der Waals surface area (Å²) in [4.78, 5) is 0. The number of rotatable bonds is 11. The molecule has 0 aromatic rings. The average molecular weight is 265 g/mol. The smallest absolute Gasteiger partial charge is 0.384 e. The van der Waals surface area contributed by atoms with Crippen molar-refractivity contribution in [3.8, 4) is 0 Å². The Morgan fingerprint density at radius 3 is 1.76 bits per heavy atom. The topological polar surface area (TPSA) is 62.9 Å². The summed E-state index contributed by atoms with van der Waals surface area (Å²) in [5, 5.41) is 0. The Kier molecular flexibility index (Phi) is 10.00. The molecule has 0 aromatic carbocycles. The maximum atomic E-state index is 5.77. The van der Waals surface area contributed by atoms with Gasteiger partial charge < -0.3 is 23.7 Å². The maximum Gasteiger partial charge on any atom is 0.501 e. The lowest BCUT2D eigenvalue weighted by Crippen LogP contribution is -2.48. The van der Waals surface area contributed by atoms with E-state index in [4.69, 9.17) is 23.7 Å². The zero-order chi connectivity index (χ0) is 13.1. The quantitative estimate of drug-likeness (QED) is 0.570. The molecule has 0 fully saturated rings. The minimum absolute atomic E-state index is 0.219. The first kappa shape index (κ1) is 17.0. The molecule has 2 N–H and O–H groups in total. The molecule has 0 heterocycles. The number of ether oxygens (including phenoxy) is 1. The van der Waals surface area contributed by atoms with E-state index in [1.807, 2.05) is 20.8 Å². The third-order valence-electron chi connectivity index (χ3n) is 2.37. The number of hydrogen-bond acceptors (Lipinski definition) is 5. The molecule has 6 heteroatoms. The van der Waals surface area contributed by atoms with Crippen LogP contribution < -0.4 is 5.73 Å². The molecule has 1 atom stereocenters. The van der Waals surface area contributed by atoms with Crippen molar-refractivity contribution in [1.29, 1.82) is 0 Å². The summed E-state index contributed by atoms with van der Waals surface area (Å²) in [6, 6.07) is 0.715. The first-order valence-corrected chi connectivity index (χ1v) is 8.22. The molecule has 5 nitrogen and oxygen atoms in total. The minimum atomic E-state index is -2.58. The van der Waals surface area contributed by atoms with Gasteiger partial charge in [-0.2, -0.15) is 0 Å². The highest BCUT2D eigenvalue weighted by molar-refractivity contribution is 6.60. The summed E-state index contributed by atoms with van der Waals surface area (Å²) in [5.41, 5.74) is 5.73. The first-order valence-electron chi connectivity index (χ1n) is 6.28. The van der Waals surface area contributed by atoms with Gasteiger partial charge in [0, 0.05) is 33.0 Å². The standard InChI is InChI=1S/C11H27NO4Si/c1-5-14-17(15-6-2,16-7-3)10-11(8-12)9-13-4/h11H,5-10,12H2,1-4H3. The van der Waals surface area contributed by atoms with Gasteiger partial charge in [-0.15, -0.1) is 0 Å². The molecular weight excluding hydrogens is 238 g/mol. The van der Waals surface area contributed by atoms with Crippen LogP contribution >= 0.6 is 0 Å². The normalized spacial score (nSPS) is 13.9. The van der Waals surface area contributed by atoms with Gasteiger partial charge >= 0.3 is 8.80 Å². The Balaban J connectivity index is 4.59. The van der Waals surface area contributed by atoms with Gasteiger partial charge in [0.1, 0.15) is 0 Å². The molecule has 1 unspecified atom stereocenters. The Labute approximate surface area is 106 Å². The molecule has 0 amide bonds. The molecule has 17 heavy (non-hydrogen) atoms. The fourth-order valence-corrected chi connectivity index (χ4v) is 4.68. The average Bonchev–Trinajstić information content (AvgIpc) is 2.29. The van der Waals surface area contributed by atoms with E-state index in [0.717, 1.165) is 0 Å². The zero-order valence-electron chi connectivity index (χ0n) is 11.5. The van der Waals surface area contributed by atoms with Crippen LogP contribution in [0.4, 0.5) is 0 Å². The molecule has 0 aliphatic carbocycles. The number of methoxy groups -OCH3 is 1. The van der Waals surface area contributed by atoms with Crippen LogP contribution in [0.1, 0.15) is 20.8 Å². The summed E-state index contributed by atoms with van der Waals surface area (Å²) in [6.07, 6.45) is 0. The Bertz CT molecular complexity index is 166. The highest BCUT2D eigenvalue weighted by Gasteiger charge is 2.42. The fraction of sp³-hybridized carbons (Fsp3) is 1.00. The lowest BCUT2D eigenvalue weighted by molar-refractivity contribution is 0.0610. The van der Waals surface area contributed by atoms with Gasteiger partial charge in [-0.05, 0) is 33.2 Å². The molecule has 0 bridgehead atoms. The highest BCUT2D eigenvalue weighted by Crippen LogP contribution is 2.21. The van der Waals surface area contributed by atoms with E-state index in [2.05, 4.69) is 0 Å². The van der Waals surface area contributed by atoms with Crippen LogP contribution in [0.25, 0.3) is 0 Å². The van der Waals surface area contributed by atoms with Crippen molar-refractivity contribution < 1.29 is 18.0 Å². The molecular formula is C11H27NO4Si. The van der Waals surface area contributed by atoms with Crippen LogP contribution in [-0.2, 0) is 18.0 Å². The van der Waals surface area contributed by atoms with E-state index in [1.165, 1.54) is 0 Å². The van der Waals surface area contributed by atoms with Crippen LogP contribution in [0.15, 0.2) is 0 Å². The van der Waals surface area contributed by atoms with Gasteiger partial charge in [-0.1, -0.05) is 0 Å². The fourth-order valence-electron chi connectivity index (χ4n) is 1.76. The second kappa shape index (κ2) is 9.99. The predicted molar refractivity (Wildman–Crippen MR) is 69.9 cm³/mol. The Morgan fingerprint density at radius 1 is 1.00 bits per heavy atom. The van der Waals surface area contributed by atoms with Crippen LogP contribution in [0, 0.1) is 5.92 Å². The molecule has 0 spiro atoms. The van der Waals surface area contributed by atoms with E-state index < -0.39 is 8.80 Å². The largest absolute Gasteiger partial charge is 0.501 e.